The molecule has 0 aliphatic carbocycles. The number of carbonyl (C=O) groups excluding carboxylic acids is 1. The fourth-order valence-corrected chi connectivity index (χ4v) is 2.46. The first kappa shape index (κ1) is 13.0. The molecule has 0 bridgehead atoms. The van der Waals surface area contributed by atoms with Crippen LogP contribution in [0.25, 0.3) is 0 Å². The van der Waals surface area contributed by atoms with Gasteiger partial charge < -0.3 is 9.42 Å². The van der Waals surface area contributed by atoms with Gasteiger partial charge in [-0.25, -0.2) is 5.14 Å². The number of nitrogens with two attached hydrogens (primary N) is 1. The van der Waals surface area contributed by atoms with Crippen molar-refractivity contribution in [1.82, 2.24) is 14.4 Å². The van der Waals surface area contributed by atoms with E-state index in [0.717, 1.165) is 4.31 Å². The third-order valence-corrected chi connectivity index (χ3v) is 3.91. The van der Waals surface area contributed by atoms with Crippen molar-refractivity contribution in [2.75, 3.05) is 26.2 Å². The molecule has 1 aromatic heterocycles. The Kier molecular flexibility index (Phi) is 3.37. The fraction of sp³-hybridized carbons (Fsp3) is 0.556. The van der Waals surface area contributed by atoms with Gasteiger partial charge in [0.15, 0.2) is 0 Å². The molecule has 2 rings (SSSR count). The van der Waals surface area contributed by atoms with E-state index < -0.39 is 10.2 Å². The van der Waals surface area contributed by atoms with E-state index in [0.29, 0.717) is 5.56 Å². The topological polar surface area (TPSA) is 110 Å². The number of carbonyl (C=O) groups is 1. The molecule has 18 heavy (non-hydrogen) atoms. The summed E-state index contributed by atoms with van der Waals surface area (Å²) in [5.41, 5.74) is 0.661. The molecule has 9 heteroatoms. The lowest BCUT2D eigenvalue weighted by atomic mass is 10.2. The van der Waals surface area contributed by atoms with Crippen molar-refractivity contribution in [3.8, 4) is 0 Å². The highest BCUT2D eigenvalue weighted by atomic mass is 32.2. The number of aromatic nitrogens is 1. The van der Waals surface area contributed by atoms with Crippen LogP contribution in [0.4, 0.5) is 0 Å². The molecule has 1 fully saturated rings. The van der Waals surface area contributed by atoms with Gasteiger partial charge in [-0.1, -0.05) is 5.16 Å². The van der Waals surface area contributed by atoms with Crippen LogP contribution < -0.4 is 5.14 Å². The lowest BCUT2D eigenvalue weighted by Crippen LogP contribution is -2.52. The summed E-state index contributed by atoms with van der Waals surface area (Å²) < 4.78 is 28.3. The molecule has 1 saturated heterocycles. The molecule has 1 amide bonds. The summed E-state index contributed by atoms with van der Waals surface area (Å²) >= 11 is 0. The maximum absolute atomic E-state index is 12.0. The maximum Gasteiger partial charge on any atom is 0.292 e. The Morgan fingerprint density at radius 3 is 2.44 bits per heavy atom. The monoisotopic (exact) mass is 274 g/mol. The highest BCUT2D eigenvalue weighted by Crippen LogP contribution is 2.12. The molecular formula is C9H14N4O4S. The molecule has 1 aromatic rings. The summed E-state index contributed by atoms with van der Waals surface area (Å²) in [6, 6.07) is 0. The van der Waals surface area contributed by atoms with Gasteiger partial charge in [0.1, 0.15) is 0 Å². The average molecular weight is 274 g/mol. The van der Waals surface area contributed by atoms with Gasteiger partial charge >= 0.3 is 0 Å². The van der Waals surface area contributed by atoms with E-state index in [4.69, 9.17) is 9.66 Å². The average Bonchev–Trinajstić information content (AvgIpc) is 2.73. The second-order valence-corrected chi connectivity index (χ2v) is 5.62. The number of amides is 1. The van der Waals surface area contributed by atoms with E-state index in [-0.39, 0.29) is 37.8 Å². The first-order valence-electron chi connectivity index (χ1n) is 5.38. The second-order valence-electron chi connectivity index (χ2n) is 4.07. The minimum absolute atomic E-state index is 0.192. The molecular weight excluding hydrogens is 260 g/mol. The Labute approximate surface area is 104 Å². The smallest absolute Gasteiger partial charge is 0.292 e. The minimum atomic E-state index is -3.68. The Bertz CT molecular complexity index is 545. The minimum Gasteiger partial charge on any atom is -0.351 e. The molecule has 2 heterocycles. The van der Waals surface area contributed by atoms with E-state index in [1.165, 1.54) is 11.1 Å². The van der Waals surface area contributed by atoms with Crippen molar-refractivity contribution in [1.29, 1.82) is 0 Å². The molecule has 1 aliphatic heterocycles. The van der Waals surface area contributed by atoms with Gasteiger partial charge in [-0.15, -0.1) is 0 Å². The number of piperazine rings is 1. The molecule has 100 valence electrons. The van der Waals surface area contributed by atoms with Crippen molar-refractivity contribution in [3.63, 3.8) is 0 Å². The van der Waals surface area contributed by atoms with Gasteiger partial charge in [0.25, 0.3) is 16.1 Å². The van der Waals surface area contributed by atoms with Crippen LogP contribution in [0, 0.1) is 6.92 Å². The van der Waals surface area contributed by atoms with Gasteiger partial charge in [0, 0.05) is 31.7 Å². The van der Waals surface area contributed by atoms with Crippen molar-refractivity contribution in [2.45, 2.75) is 6.92 Å². The van der Waals surface area contributed by atoms with Crippen LogP contribution >= 0.6 is 0 Å². The van der Waals surface area contributed by atoms with Gasteiger partial charge in [0.05, 0.1) is 6.20 Å². The third kappa shape index (κ3) is 2.52. The zero-order valence-electron chi connectivity index (χ0n) is 9.87. The third-order valence-electron chi connectivity index (χ3n) is 2.83. The Balaban J connectivity index is 2.03. The Morgan fingerprint density at radius 2 is 2.00 bits per heavy atom. The normalized spacial score (nSPS) is 18.0. The highest BCUT2D eigenvalue weighted by Gasteiger charge is 2.29. The summed E-state index contributed by atoms with van der Waals surface area (Å²) in [6.45, 7) is 2.69. The first-order chi connectivity index (χ1) is 8.39. The van der Waals surface area contributed by atoms with E-state index in [1.54, 1.807) is 6.92 Å². The van der Waals surface area contributed by atoms with E-state index in [1.807, 2.05) is 0 Å². The first-order valence-corrected chi connectivity index (χ1v) is 6.88. The molecule has 1 aliphatic rings. The lowest BCUT2D eigenvalue weighted by Gasteiger charge is -2.32. The SMILES string of the molecule is Cc1cnoc1C(=O)N1CCN(S(N)(=O)=O)CC1. The molecule has 8 nitrogen and oxygen atoms in total. The zero-order chi connectivity index (χ0) is 13.3. The van der Waals surface area contributed by atoms with E-state index in [2.05, 4.69) is 5.16 Å². The van der Waals surface area contributed by atoms with Crippen molar-refractivity contribution >= 4 is 16.1 Å². The van der Waals surface area contributed by atoms with Crippen LogP contribution in [0.2, 0.25) is 0 Å². The summed E-state index contributed by atoms with van der Waals surface area (Å²) in [5, 5.41) is 8.56. The Hall–Kier alpha value is -1.45. The fourth-order valence-electron chi connectivity index (χ4n) is 1.79. The lowest BCUT2D eigenvalue weighted by molar-refractivity contribution is 0.0655. The van der Waals surface area contributed by atoms with Crippen LogP contribution in [0.1, 0.15) is 16.1 Å². The number of hydrogen-bond donors (Lipinski definition) is 1. The molecule has 2 N–H and O–H groups in total. The maximum atomic E-state index is 12.0. The quantitative estimate of drug-likeness (QED) is 0.739. The van der Waals surface area contributed by atoms with Crippen molar-refractivity contribution in [3.05, 3.63) is 17.5 Å². The van der Waals surface area contributed by atoms with Crippen LogP contribution in [0.5, 0.6) is 0 Å². The summed E-state index contributed by atoms with van der Waals surface area (Å²) in [7, 11) is -3.68. The summed E-state index contributed by atoms with van der Waals surface area (Å²) in [5.74, 6) is -0.0851. The predicted octanol–water partition coefficient (Wildman–Crippen LogP) is -1.06. The largest absolute Gasteiger partial charge is 0.351 e. The van der Waals surface area contributed by atoms with Gasteiger partial charge in [0.2, 0.25) is 5.76 Å². The summed E-state index contributed by atoms with van der Waals surface area (Å²) in [4.78, 5) is 13.6. The molecule has 0 spiro atoms. The Morgan fingerprint density at radius 1 is 1.39 bits per heavy atom. The molecule has 0 atom stereocenters. The number of hydrogen-bond acceptors (Lipinski definition) is 5. The number of rotatable bonds is 2. The van der Waals surface area contributed by atoms with Crippen molar-refractivity contribution < 1.29 is 17.7 Å². The molecule has 0 radical (unpaired) electrons. The highest BCUT2D eigenvalue weighted by molar-refractivity contribution is 7.86. The van der Waals surface area contributed by atoms with Crippen LogP contribution in [-0.2, 0) is 10.2 Å². The summed E-state index contributed by atoms with van der Waals surface area (Å²) in [6.07, 6.45) is 1.47. The standard InChI is InChI=1S/C9H14N4O4S/c1-7-6-11-17-8(7)9(14)12-2-4-13(5-3-12)18(10,15)16/h6H,2-5H2,1H3,(H2,10,15,16). The van der Waals surface area contributed by atoms with Gasteiger partial charge in [-0.05, 0) is 6.92 Å². The zero-order valence-corrected chi connectivity index (χ0v) is 10.7. The van der Waals surface area contributed by atoms with Crippen molar-refractivity contribution in [2.24, 2.45) is 5.14 Å². The molecule has 0 aromatic carbocycles. The predicted molar refractivity (Wildman–Crippen MR) is 61.8 cm³/mol. The van der Waals surface area contributed by atoms with Gasteiger partial charge in [-0.3, -0.25) is 4.79 Å². The molecule has 0 unspecified atom stereocenters. The van der Waals surface area contributed by atoms with Crippen LogP contribution in [0.15, 0.2) is 10.7 Å². The van der Waals surface area contributed by atoms with Crippen LogP contribution in [0.3, 0.4) is 0 Å². The van der Waals surface area contributed by atoms with E-state index in [9.17, 15) is 13.2 Å². The number of aryl methyl sites for hydroxylation is 1. The second kappa shape index (κ2) is 4.67. The molecule has 0 saturated carbocycles. The van der Waals surface area contributed by atoms with Gasteiger partial charge in [-0.2, -0.15) is 12.7 Å². The number of nitrogens with zero attached hydrogens (tertiary/aromatic N) is 3. The van der Waals surface area contributed by atoms with E-state index >= 15 is 0 Å². The van der Waals surface area contributed by atoms with Crippen LogP contribution in [-0.4, -0.2) is 54.9 Å².